The van der Waals surface area contributed by atoms with Crippen molar-refractivity contribution in [2.24, 2.45) is 5.18 Å². The molecule has 5 heteroatoms. The fourth-order valence-corrected chi connectivity index (χ4v) is 0.941. The number of nitrogens with two attached hydrogens (primary N) is 1. The Balaban J connectivity index is 2.72. The van der Waals surface area contributed by atoms with Gasteiger partial charge in [-0.2, -0.15) is 5.10 Å². The van der Waals surface area contributed by atoms with Crippen LogP contribution in [0.25, 0.3) is 0 Å². The van der Waals surface area contributed by atoms with E-state index in [4.69, 9.17) is 5.73 Å². The molecular formula is C7H12N4O. The van der Waals surface area contributed by atoms with Gasteiger partial charge in [0.1, 0.15) is 0 Å². The molecule has 0 radical (unpaired) electrons. The Bertz CT molecular complexity index is 268. The number of hydrogen-bond donors (Lipinski definition) is 1. The van der Waals surface area contributed by atoms with Gasteiger partial charge in [-0.3, -0.25) is 0 Å². The van der Waals surface area contributed by atoms with Gasteiger partial charge in [0.25, 0.3) is 0 Å². The minimum absolute atomic E-state index is 0.228. The Morgan fingerprint density at radius 1 is 1.75 bits per heavy atom. The highest BCUT2D eigenvalue weighted by molar-refractivity contribution is 5.56. The lowest BCUT2D eigenvalue weighted by Gasteiger charge is -2.00. The van der Waals surface area contributed by atoms with Crippen molar-refractivity contribution in [1.82, 2.24) is 9.78 Å². The van der Waals surface area contributed by atoms with Gasteiger partial charge in [0, 0.05) is 6.54 Å². The SMILES string of the molecule is CCCCn1ncc(N=O)c1N. The van der Waals surface area contributed by atoms with E-state index < -0.39 is 0 Å². The zero-order chi connectivity index (χ0) is 8.97. The van der Waals surface area contributed by atoms with Crippen LogP contribution in [0.3, 0.4) is 0 Å². The molecular weight excluding hydrogens is 156 g/mol. The Kier molecular flexibility index (Phi) is 2.79. The molecule has 0 saturated heterocycles. The summed E-state index contributed by atoms with van der Waals surface area (Å²) in [7, 11) is 0. The van der Waals surface area contributed by atoms with Gasteiger partial charge in [-0.25, -0.2) is 4.68 Å². The number of anilines is 1. The maximum Gasteiger partial charge on any atom is 0.169 e. The third-order valence-corrected chi connectivity index (χ3v) is 1.68. The maximum absolute atomic E-state index is 10.1. The molecule has 1 aromatic rings. The van der Waals surface area contributed by atoms with E-state index in [2.05, 4.69) is 17.2 Å². The average Bonchev–Trinajstić information content (AvgIpc) is 2.43. The Labute approximate surface area is 70.5 Å². The number of nitrogen functional groups attached to an aromatic ring is 1. The number of unbranched alkanes of at least 4 members (excludes halogenated alkanes) is 1. The molecule has 66 valence electrons. The number of hydrogen-bond acceptors (Lipinski definition) is 4. The minimum atomic E-state index is 0.228. The summed E-state index contributed by atoms with van der Waals surface area (Å²) in [4.78, 5) is 10.1. The Morgan fingerprint density at radius 3 is 3.00 bits per heavy atom. The van der Waals surface area contributed by atoms with E-state index >= 15 is 0 Å². The molecule has 0 unspecified atom stereocenters. The van der Waals surface area contributed by atoms with Crippen LogP contribution in [0.1, 0.15) is 19.8 Å². The van der Waals surface area contributed by atoms with Crippen molar-refractivity contribution in [3.63, 3.8) is 0 Å². The molecule has 0 aliphatic carbocycles. The Morgan fingerprint density at radius 2 is 2.50 bits per heavy atom. The molecule has 0 bridgehead atoms. The second kappa shape index (κ2) is 3.85. The van der Waals surface area contributed by atoms with E-state index in [1.807, 2.05) is 0 Å². The van der Waals surface area contributed by atoms with Crippen molar-refractivity contribution in [3.8, 4) is 0 Å². The summed E-state index contributed by atoms with van der Waals surface area (Å²) in [5.41, 5.74) is 5.79. The number of nitroso groups, excluding NO2 is 1. The molecule has 1 rings (SSSR count). The highest BCUT2D eigenvalue weighted by Crippen LogP contribution is 2.20. The smallest absolute Gasteiger partial charge is 0.169 e. The van der Waals surface area contributed by atoms with Crippen LogP contribution >= 0.6 is 0 Å². The molecule has 0 aromatic carbocycles. The van der Waals surface area contributed by atoms with Gasteiger partial charge >= 0.3 is 0 Å². The van der Waals surface area contributed by atoms with Gasteiger partial charge < -0.3 is 5.73 Å². The third kappa shape index (κ3) is 1.61. The van der Waals surface area contributed by atoms with Gasteiger partial charge in [0.05, 0.1) is 6.20 Å². The van der Waals surface area contributed by atoms with Crippen molar-refractivity contribution in [1.29, 1.82) is 0 Å². The monoisotopic (exact) mass is 168 g/mol. The first-order valence-electron chi connectivity index (χ1n) is 3.94. The maximum atomic E-state index is 10.1. The van der Waals surface area contributed by atoms with Gasteiger partial charge in [0.15, 0.2) is 11.5 Å². The summed E-state index contributed by atoms with van der Waals surface area (Å²) >= 11 is 0. The highest BCUT2D eigenvalue weighted by Gasteiger charge is 2.05. The topological polar surface area (TPSA) is 73.3 Å². The van der Waals surface area contributed by atoms with Gasteiger partial charge in [-0.15, -0.1) is 4.91 Å². The molecule has 0 amide bonds. The van der Waals surface area contributed by atoms with Crippen molar-refractivity contribution >= 4 is 11.5 Å². The van der Waals surface area contributed by atoms with E-state index in [1.54, 1.807) is 4.68 Å². The number of aryl methyl sites for hydroxylation is 1. The quantitative estimate of drug-likeness (QED) is 0.695. The van der Waals surface area contributed by atoms with E-state index in [-0.39, 0.29) is 5.69 Å². The molecule has 0 saturated carbocycles. The van der Waals surface area contributed by atoms with Crippen molar-refractivity contribution in [2.75, 3.05) is 5.73 Å². The minimum Gasteiger partial charge on any atom is -0.382 e. The number of aromatic nitrogens is 2. The van der Waals surface area contributed by atoms with Crippen LogP contribution < -0.4 is 5.73 Å². The predicted octanol–water partition coefficient (Wildman–Crippen LogP) is 1.66. The zero-order valence-corrected chi connectivity index (χ0v) is 7.03. The fourth-order valence-electron chi connectivity index (χ4n) is 0.941. The lowest BCUT2D eigenvalue weighted by atomic mass is 10.3. The molecule has 0 fully saturated rings. The summed E-state index contributed by atoms with van der Waals surface area (Å²) in [5, 5.41) is 6.66. The molecule has 0 aliphatic rings. The van der Waals surface area contributed by atoms with Crippen LogP contribution in [0.2, 0.25) is 0 Å². The van der Waals surface area contributed by atoms with Gasteiger partial charge in [0.2, 0.25) is 0 Å². The van der Waals surface area contributed by atoms with Crippen LogP contribution in [-0.2, 0) is 6.54 Å². The van der Waals surface area contributed by atoms with E-state index in [1.165, 1.54) is 6.20 Å². The van der Waals surface area contributed by atoms with Crippen LogP contribution in [0, 0.1) is 4.91 Å². The molecule has 1 heterocycles. The second-order valence-electron chi connectivity index (χ2n) is 2.58. The normalized spacial score (nSPS) is 10.1. The fraction of sp³-hybridized carbons (Fsp3) is 0.571. The van der Waals surface area contributed by atoms with Crippen LogP contribution in [0.15, 0.2) is 11.4 Å². The van der Waals surface area contributed by atoms with Gasteiger partial charge in [-0.1, -0.05) is 13.3 Å². The molecule has 12 heavy (non-hydrogen) atoms. The molecule has 0 atom stereocenters. The van der Waals surface area contributed by atoms with Crippen molar-refractivity contribution in [3.05, 3.63) is 11.1 Å². The predicted molar refractivity (Wildman–Crippen MR) is 47.0 cm³/mol. The van der Waals surface area contributed by atoms with E-state index in [9.17, 15) is 4.91 Å². The summed E-state index contributed by atoms with van der Waals surface area (Å²) in [6.07, 6.45) is 3.46. The number of rotatable bonds is 4. The zero-order valence-electron chi connectivity index (χ0n) is 7.03. The van der Waals surface area contributed by atoms with E-state index in [0.717, 1.165) is 19.4 Å². The second-order valence-corrected chi connectivity index (χ2v) is 2.58. The molecule has 5 nitrogen and oxygen atoms in total. The van der Waals surface area contributed by atoms with Crippen LogP contribution in [0.4, 0.5) is 11.5 Å². The molecule has 0 spiro atoms. The summed E-state index contributed by atoms with van der Waals surface area (Å²) in [5.74, 6) is 0.360. The standard InChI is InChI=1S/C7H12N4O/c1-2-3-4-11-7(8)6(10-12)5-9-11/h5H,2-4,8H2,1H3. The lowest BCUT2D eigenvalue weighted by Crippen LogP contribution is -2.03. The third-order valence-electron chi connectivity index (χ3n) is 1.68. The van der Waals surface area contributed by atoms with Crippen molar-refractivity contribution < 1.29 is 0 Å². The Hall–Kier alpha value is -1.39. The first-order chi connectivity index (χ1) is 5.79. The highest BCUT2D eigenvalue weighted by atomic mass is 16.3. The van der Waals surface area contributed by atoms with Gasteiger partial charge in [-0.05, 0) is 11.6 Å². The average molecular weight is 168 g/mol. The van der Waals surface area contributed by atoms with Crippen LogP contribution in [-0.4, -0.2) is 9.78 Å². The number of nitrogens with zero attached hydrogens (tertiary/aromatic N) is 3. The van der Waals surface area contributed by atoms with Crippen molar-refractivity contribution in [2.45, 2.75) is 26.3 Å². The molecule has 1 aromatic heterocycles. The first-order valence-corrected chi connectivity index (χ1v) is 3.94. The summed E-state index contributed by atoms with van der Waals surface area (Å²) in [6.45, 7) is 2.83. The summed E-state index contributed by atoms with van der Waals surface area (Å²) < 4.78 is 1.60. The van der Waals surface area contributed by atoms with E-state index in [0.29, 0.717) is 5.82 Å². The summed E-state index contributed by atoms with van der Waals surface area (Å²) in [6, 6.07) is 0. The first kappa shape index (κ1) is 8.70. The molecule has 2 N–H and O–H groups in total. The lowest BCUT2D eigenvalue weighted by molar-refractivity contribution is 0.579. The molecule has 0 aliphatic heterocycles. The van der Waals surface area contributed by atoms with Crippen LogP contribution in [0.5, 0.6) is 0 Å². The largest absolute Gasteiger partial charge is 0.382 e.